The molecule has 1 N–H and O–H groups in total. The maximum Gasteiger partial charge on any atom is 0.157 e. The van der Waals surface area contributed by atoms with E-state index in [-0.39, 0.29) is 0 Å². The molecular weight excluding hydrogens is 312 g/mol. The molecule has 0 aliphatic carbocycles. The molecule has 0 saturated carbocycles. The number of nitrogens with zero attached hydrogens (tertiary/aromatic N) is 4. The van der Waals surface area contributed by atoms with Gasteiger partial charge in [-0.1, -0.05) is 38.1 Å². The summed E-state index contributed by atoms with van der Waals surface area (Å²) in [6.07, 6.45) is 2.49. The Labute approximate surface area is 147 Å². The third-order valence-corrected chi connectivity index (χ3v) is 5.17. The quantitative estimate of drug-likeness (QED) is 0.798. The summed E-state index contributed by atoms with van der Waals surface area (Å²) in [5.41, 5.74) is 3.23. The molecule has 1 atom stereocenters. The molecule has 0 bridgehead atoms. The van der Waals surface area contributed by atoms with Crippen molar-refractivity contribution in [2.75, 3.05) is 18.0 Å². The second kappa shape index (κ2) is 5.85. The van der Waals surface area contributed by atoms with Crippen LogP contribution in [0.4, 0.5) is 5.82 Å². The Morgan fingerprint density at radius 2 is 2.00 bits per heavy atom. The van der Waals surface area contributed by atoms with E-state index in [9.17, 15) is 5.11 Å². The number of aryl methyl sites for hydroxylation is 1. The van der Waals surface area contributed by atoms with Crippen LogP contribution in [0.2, 0.25) is 0 Å². The van der Waals surface area contributed by atoms with Gasteiger partial charge in [-0.3, -0.25) is 0 Å². The number of aliphatic hydroxyl groups is 1. The first-order valence-corrected chi connectivity index (χ1v) is 8.86. The van der Waals surface area contributed by atoms with E-state index >= 15 is 0 Å². The van der Waals surface area contributed by atoms with E-state index in [1.807, 2.05) is 28.8 Å². The lowest BCUT2D eigenvalue weighted by Gasteiger charge is -2.26. The van der Waals surface area contributed by atoms with Crippen molar-refractivity contribution in [3.05, 3.63) is 59.4 Å². The Kier molecular flexibility index (Phi) is 3.76. The number of aromatic nitrogens is 3. The van der Waals surface area contributed by atoms with E-state index in [1.54, 1.807) is 6.20 Å². The van der Waals surface area contributed by atoms with Gasteiger partial charge in [0.2, 0.25) is 0 Å². The van der Waals surface area contributed by atoms with Crippen molar-refractivity contribution in [2.45, 2.75) is 38.7 Å². The molecule has 5 heteroatoms. The fourth-order valence-corrected chi connectivity index (χ4v) is 3.74. The molecule has 5 nitrogen and oxygen atoms in total. The molecule has 0 radical (unpaired) electrons. The highest BCUT2D eigenvalue weighted by molar-refractivity contribution is 5.53. The number of rotatable bonds is 3. The molecule has 1 fully saturated rings. The van der Waals surface area contributed by atoms with E-state index in [1.165, 1.54) is 0 Å². The third-order valence-electron chi connectivity index (χ3n) is 5.17. The van der Waals surface area contributed by atoms with Crippen LogP contribution in [0.25, 0.3) is 5.65 Å². The fraction of sp³-hybridized carbons (Fsp3) is 0.400. The van der Waals surface area contributed by atoms with Gasteiger partial charge in [0.1, 0.15) is 11.4 Å². The van der Waals surface area contributed by atoms with Crippen molar-refractivity contribution in [1.82, 2.24) is 14.6 Å². The smallest absolute Gasteiger partial charge is 0.157 e. The van der Waals surface area contributed by atoms with E-state index in [0.717, 1.165) is 34.8 Å². The Hall–Kier alpha value is -2.40. The van der Waals surface area contributed by atoms with E-state index < -0.39 is 5.60 Å². The number of benzene rings is 1. The summed E-state index contributed by atoms with van der Waals surface area (Å²) in [7, 11) is 0. The van der Waals surface area contributed by atoms with Crippen molar-refractivity contribution in [1.29, 1.82) is 0 Å². The summed E-state index contributed by atoms with van der Waals surface area (Å²) in [5.74, 6) is 1.35. The molecule has 0 spiro atoms. The van der Waals surface area contributed by atoms with Gasteiger partial charge < -0.3 is 10.0 Å². The molecule has 1 aromatic carbocycles. The minimum absolute atomic E-state index is 0.344. The standard InChI is InChI=1S/C20H24N4O/c1-14(2)17-12-19(24-18(22-17)8-10-21-24)23-11-9-20(25,13-23)16-7-5-4-6-15(16)3/h4-8,10,12,14,25H,9,11,13H2,1-3H3. The molecule has 2 aromatic heterocycles. The predicted octanol–water partition coefficient (Wildman–Crippen LogP) is 3.26. The summed E-state index contributed by atoms with van der Waals surface area (Å²) >= 11 is 0. The van der Waals surface area contributed by atoms with Crippen LogP contribution < -0.4 is 4.90 Å². The average Bonchev–Trinajstić information content (AvgIpc) is 3.21. The Balaban J connectivity index is 1.74. The summed E-state index contributed by atoms with van der Waals surface area (Å²) in [4.78, 5) is 6.91. The summed E-state index contributed by atoms with van der Waals surface area (Å²) in [6, 6.07) is 12.1. The average molecular weight is 336 g/mol. The van der Waals surface area contributed by atoms with Gasteiger partial charge in [-0.2, -0.15) is 9.61 Å². The van der Waals surface area contributed by atoms with Crippen molar-refractivity contribution in [3.63, 3.8) is 0 Å². The normalized spacial score (nSPS) is 20.8. The van der Waals surface area contributed by atoms with Crippen LogP contribution >= 0.6 is 0 Å². The lowest BCUT2D eigenvalue weighted by molar-refractivity contribution is 0.0599. The number of hydrogen-bond acceptors (Lipinski definition) is 4. The molecule has 4 rings (SSSR count). The first-order chi connectivity index (χ1) is 12.0. The minimum atomic E-state index is -0.827. The van der Waals surface area contributed by atoms with Crippen LogP contribution in [0, 0.1) is 6.92 Å². The van der Waals surface area contributed by atoms with Gasteiger partial charge in [-0.15, -0.1) is 0 Å². The van der Waals surface area contributed by atoms with Crippen LogP contribution in [0.3, 0.4) is 0 Å². The largest absolute Gasteiger partial charge is 0.383 e. The van der Waals surface area contributed by atoms with Gasteiger partial charge in [-0.05, 0) is 30.4 Å². The maximum absolute atomic E-state index is 11.3. The zero-order valence-corrected chi connectivity index (χ0v) is 15.0. The van der Waals surface area contributed by atoms with Gasteiger partial charge in [-0.25, -0.2) is 4.98 Å². The van der Waals surface area contributed by atoms with E-state index in [0.29, 0.717) is 18.9 Å². The van der Waals surface area contributed by atoms with Crippen molar-refractivity contribution < 1.29 is 5.11 Å². The molecule has 130 valence electrons. The minimum Gasteiger partial charge on any atom is -0.383 e. The SMILES string of the molecule is Cc1ccccc1C1(O)CCN(c2cc(C(C)C)nc3ccnn23)C1. The maximum atomic E-state index is 11.3. The highest BCUT2D eigenvalue weighted by Crippen LogP contribution is 2.36. The van der Waals surface area contributed by atoms with E-state index in [4.69, 9.17) is 0 Å². The molecule has 0 amide bonds. The number of anilines is 1. The first-order valence-electron chi connectivity index (χ1n) is 8.86. The summed E-state index contributed by atoms with van der Waals surface area (Å²) in [5, 5.41) is 15.7. The van der Waals surface area contributed by atoms with Gasteiger partial charge in [0.05, 0.1) is 12.7 Å². The van der Waals surface area contributed by atoms with Gasteiger partial charge in [0, 0.05) is 24.4 Å². The molecule has 3 aromatic rings. The second-order valence-corrected chi connectivity index (χ2v) is 7.31. The molecule has 1 aliphatic heterocycles. The Morgan fingerprint density at radius 3 is 2.76 bits per heavy atom. The lowest BCUT2D eigenvalue weighted by atomic mass is 9.89. The summed E-state index contributed by atoms with van der Waals surface area (Å²) in [6.45, 7) is 7.71. The zero-order valence-electron chi connectivity index (χ0n) is 15.0. The van der Waals surface area contributed by atoms with Crippen LogP contribution in [-0.4, -0.2) is 32.8 Å². The van der Waals surface area contributed by atoms with Gasteiger partial charge >= 0.3 is 0 Å². The molecule has 25 heavy (non-hydrogen) atoms. The lowest BCUT2D eigenvalue weighted by Crippen LogP contribution is -2.32. The van der Waals surface area contributed by atoms with Gasteiger partial charge in [0.15, 0.2) is 5.65 Å². The molecule has 1 aliphatic rings. The third kappa shape index (κ3) is 2.68. The predicted molar refractivity (Wildman–Crippen MR) is 99.0 cm³/mol. The number of fused-ring (bicyclic) bond motifs is 1. The highest BCUT2D eigenvalue weighted by Gasteiger charge is 2.39. The van der Waals surface area contributed by atoms with Crippen molar-refractivity contribution >= 4 is 11.5 Å². The fourth-order valence-electron chi connectivity index (χ4n) is 3.74. The number of hydrogen-bond donors (Lipinski definition) is 1. The molecule has 1 unspecified atom stereocenters. The highest BCUT2D eigenvalue weighted by atomic mass is 16.3. The molecule has 1 saturated heterocycles. The zero-order chi connectivity index (χ0) is 17.6. The monoisotopic (exact) mass is 336 g/mol. The Bertz CT molecular complexity index is 917. The topological polar surface area (TPSA) is 53.7 Å². The van der Waals surface area contributed by atoms with Crippen LogP contribution in [-0.2, 0) is 5.60 Å². The van der Waals surface area contributed by atoms with Crippen molar-refractivity contribution in [3.8, 4) is 0 Å². The van der Waals surface area contributed by atoms with Crippen LogP contribution in [0.5, 0.6) is 0 Å². The molecular formula is C20H24N4O. The van der Waals surface area contributed by atoms with E-state index in [2.05, 4.69) is 47.9 Å². The molecule has 3 heterocycles. The van der Waals surface area contributed by atoms with Crippen LogP contribution in [0.15, 0.2) is 42.6 Å². The second-order valence-electron chi connectivity index (χ2n) is 7.31. The van der Waals surface area contributed by atoms with Crippen molar-refractivity contribution in [2.24, 2.45) is 0 Å². The van der Waals surface area contributed by atoms with Crippen LogP contribution in [0.1, 0.15) is 43.0 Å². The Morgan fingerprint density at radius 1 is 1.20 bits per heavy atom. The van der Waals surface area contributed by atoms with Gasteiger partial charge in [0.25, 0.3) is 0 Å². The summed E-state index contributed by atoms with van der Waals surface area (Å²) < 4.78 is 1.87. The number of β-amino-alcohol motifs (C(OH)–C–C–N with tert-alkyl or cyclic N) is 1. The first kappa shape index (κ1) is 16.1.